The van der Waals surface area contributed by atoms with E-state index in [1.165, 1.54) is 9.21 Å². The van der Waals surface area contributed by atoms with Crippen molar-refractivity contribution in [1.82, 2.24) is 9.21 Å². The molecule has 7 nitrogen and oxygen atoms in total. The molecule has 1 N–H and O–H groups in total. The van der Waals surface area contributed by atoms with E-state index in [1.807, 2.05) is 31.2 Å². The van der Waals surface area contributed by atoms with Crippen LogP contribution in [-0.2, 0) is 26.0 Å². The van der Waals surface area contributed by atoms with Crippen molar-refractivity contribution in [3.05, 3.63) is 35.4 Å². The number of aryl methyl sites for hydroxylation is 1. The lowest BCUT2D eigenvalue weighted by atomic mass is 10.0. The van der Waals surface area contributed by atoms with Gasteiger partial charge in [0.2, 0.25) is 15.9 Å². The van der Waals surface area contributed by atoms with E-state index in [0.717, 1.165) is 11.1 Å². The number of sulfonamides is 1. The number of rotatable bonds is 7. The summed E-state index contributed by atoms with van der Waals surface area (Å²) in [6.07, 6.45) is 1.05. The van der Waals surface area contributed by atoms with Crippen LogP contribution in [0.1, 0.15) is 30.9 Å². The first-order valence-corrected chi connectivity index (χ1v) is 10.4. The fourth-order valence-electron chi connectivity index (χ4n) is 3.25. The fraction of sp³-hybridized carbons (Fsp3) is 0.556. The van der Waals surface area contributed by atoms with Crippen LogP contribution in [0.2, 0.25) is 0 Å². The van der Waals surface area contributed by atoms with Gasteiger partial charge in [-0.3, -0.25) is 9.59 Å². The van der Waals surface area contributed by atoms with E-state index in [2.05, 4.69) is 0 Å². The van der Waals surface area contributed by atoms with Gasteiger partial charge in [0.05, 0.1) is 12.2 Å². The van der Waals surface area contributed by atoms with Crippen molar-refractivity contribution in [2.24, 2.45) is 0 Å². The van der Waals surface area contributed by atoms with Gasteiger partial charge in [0, 0.05) is 19.1 Å². The molecule has 1 amide bonds. The normalized spacial score (nSPS) is 16.4. The summed E-state index contributed by atoms with van der Waals surface area (Å²) < 4.78 is 25.4. The van der Waals surface area contributed by atoms with Crippen molar-refractivity contribution in [3.8, 4) is 0 Å². The average molecular weight is 382 g/mol. The molecule has 1 saturated heterocycles. The standard InChI is InChI=1S/C18H26N2O5S/c1-3-26(24,25)19-10-8-16(9-11-19)20(13-18(22)23)17(21)12-15-7-5-4-6-14(15)2/h4-7,16H,3,8-13H2,1-2H3,(H,22,23). The van der Waals surface area contributed by atoms with E-state index in [9.17, 15) is 23.1 Å². The SMILES string of the molecule is CCS(=O)(=O)N1CCC(N(CC(=O)O)C(=O)Cc2ccccc2C)CC1. The maximum atomic E-state index is 12.8. The van der Waals surface area contributed by atoms with E-state index in [0.29, 0.717) is 25.9 Å². The van der Waals surface area contributed by atoms with Gasteiger partial charge in [-0.25, -0.2) is 12.7 Å². The van der Waals surface area contributed by atoms with E-state index in [1.54, 1.807) is 6.92 Å². The van der Waals surface area contributed by atoms with Gasteiger partial charge >= 0.3 is 5.97 Å². The number of amides is 1. The molecule has 0 aliphatic carbocycles. The van der Waals surface area contributed by atoms with Gasteiger partial charge in [-0.15, -0.1) is 0 Å². The second kappa shape index (κ2) is 8.64. The Hall–Kier alpha value is -1.93. The Labute approximate surface area is 154 Å². The Morgan fingerprint density at radius 1 is 1.23 bits per heavy atom. The largest absolute Gasteiger partial charge is 0.480 e. The van der Waals surface area contributed by atoms with Crippen LogP contribution in [0, 0.1) is 6.92 Å². The molecule has 2 rings (SSSR count). The highest BCUT2D eigenvalue weighted by molar-refractivity contribution is 7.89. The predicted molar refractivity (Wildman–Crippen MR) is 98.3 cm³/mol. The van der Waals surface area contributed by atoms with Crippen LogP contribution in [0.3, 0.4) is 0 Å². The molecule has 1 heterocycles. The number of carboxylic acids is 1. The summed E-state index contributed by atoms with van der Waals surface area (Å²) in [6, 6.07) is 7.26. The summed E-state index contributed by atoms with van der Waals surface area (Å²) in [5.74, 6) is -1.26. The van der Waals surface area contributed by atoms with Crippen LogP contribution in [0.25, 0.3) is 0 Å². The molecule has 8 heteroatoms. The van der Waals surface area contributed by atoms with E-state index in [-0.39, 0.29) is 30.7 Å². The van der Waals surface area contributed by atoms with Crippen LogP contribution in [0.4, 0.5) is 0 Å². The molecule has 1 aliphatic heterocycles. The second-order valence-electron chi connectivity index (χ2n) is 6.55. The first-order chi connectivity index (χ1) is 12.2. The number of carbonyl (C=O) groups is 2. The molecule has 0 aromatic heterocycles. The molecule has 1 aromatic rings. The van der Waals surface area contributed by atoms with Gasteiger partial charge in [-0.05, 0) is 37.8 Å². The van der Waals surface area contributed by atoms with Gasteiger partial charge in [0.25, 0.3) is 0 Å². The Morgan fingerprint density at radius 2 is 1.85 bits per heavy atom. The van der Waals surface area contributed by atoms with Crippen molar-refractivity contribution >= 4 is 21.9 Å². The van der Waals surface area contributed by atoms with Crippen molar-refractivity contribution in [2.45, 2.75) is 39.2 Å². The molecule has 1 aromatic carbocycles. The quantitative estimate of drug-likeness (QED) is 0.766. The number of hydrogen-bond acceptors (Lipinski definition) is 4. The highest BCUT2D eigenvalue weighted by atomic mass is 32.2. The molecule has 26 heavy (non-hydrogen) atoms. The summed E-state index contributed by atoms with van der Waals surface area (Å²) in [7, 11) is -3.25. The van der Waals surface area contributed by atoms with Crippen molar-refractivity contribution in [3.63, 3.8) is 0 Å². The molecule has 0 spiro atoms. The first-order valence-electron chi connectivity index (χ1n) is 8.78. The molecular formula is C18H26N2O5S. The summed E-state index contributed by atoms with van der Waals surface area (Å²) in [6.45, 7) is 3.78. The minimum absolute atomic E-state index is 0.0444. The maximum absolute atomic E-state index is 12.8. The molecule has 0 unspecified atom stereocenters. The predicted octanol–water partition coefficient (Wildman–Crippen LogP) is 1.26. The van der Waals surface area contributed by atoms with Gasteiger partial charge in [-0.2, -0.15) is 0 Å². The van der Waals surface area contributed by atoms with Crippen LogP contribution >= 0.6 is 0 Å². The summed E-state index contributed by atoms with van der Waals surface area (Å²) >= 11 is 0. The Morgan fingerprint density at radius 3 is 2.38 bits per heavy atom. The summed E-state index contributed by atoms with van der Waals surface area (Å²) in [5.41, 5.74) is 1.86. The minimum Gasteiger partial charge on any atom is -0.480 e. The monoisotopic (exact) mass is 382 g/mol. The molecular weight excluding hydrogens is 356 g/mol. The number of hydrogen-bond donors (Lipinski definition) is 1. The lowest BCUT2D eigenvalue weighted by molar-refractivity contribution is -0.146. The molecule has 0 atom stereocenters. The molecule has 1 aliphatic rings. The van der Waals surface area contributed by atoms with E-state index < -0.39 is 16.0 Å². The Kier molecular flexibility index (Phi) is 6.77. The second-order valence-corrected chi connectivity index (χ2v) is 8.81. The van der Waals surface area contributed by atoms with Gasteiger partial charge < -0.3 is 10.0 Å². The number of piperidine rings is 1. The van der Waals surface area contributed by atoms with Crippen molar-refractivity contribution in [2.75, 3.05) is 25.4 Å². The average Bonchev–Trinajstić information content (AvgIpc) is 2.61. The van der Waals surface area contributed by atoms with Crippen molar-refractivity contribution in [1.29, 1.82) is 0 Å². The van der Waals surface area contributed by atoms with E-state index >= 15 is 0 Å². The number of carboxylic acid groups (broad SMARTS) is 1. The zero-order valence-corrected chi connectivity index (χ0v) is 16.0. The maximum Gasteiger partial charge on any atom is 0.323 e. The van der Waals surface area contributed by atoms with Gasteiger partial charge in [0.1, 0.15) is 6.54 Å². The number of nitrogens with zero attached hydrogens (tertiary/aromatic N) is 2. The van der Waals surface area contributed by atoms with Crippen molar-refractivity contribution < 1.29 is 23.1 Å². The van der Waals surface area contributed by atoms with Crippen LogP contribution < -0.4 is 0 Å². The first kappa shape index (κ1) is 20.4. The van der Waals surface area contributed by atoms with E-state index in [4.69, 9.17) is 0 Å². The Bertz CT molecular complexity index is 755. The lowest BCUT2D eigenvalue weighted by Gasteiger charge is -2.37. The summed E-state index contributed by atoms with van der Waals surface area (Å²) in [4.78, 5) is 25.4. The van der Waals surface area contributed by atoms with Crippen LogP contribution in [-0.4, -0.2) is 66.0 Å². The number of aliphatic carboxylic acids is 1. The summed E-state index contributed by atoms with van der Waals surface area (Å²) in [5, 5.41) is 9.20. The fourth-order valence-corrected chi connectivity index (χ4v) is 4.39. The molecule has 144 valence electrons. The zero-order valence-electron chi connectivity index (χ0n) is 15.2. The minimum atomic E-state index is -3.25. The number of benzene rings is 1. The molecule has 0 saturated carbocycles. The van der Waals surface area contributed by atoms with Crippen LogP contribution in [0.15, 0.2) is 24.3 Å². The smallest absolute Gasteiger partial charge is 0.323 e. The number of carbonyl (C=O) groups excluding carboxylic acids is 1. The third kappa shape index (κ3) is 5.04. The van der Waals surface area contributed by atoms with Crippen LogP contribution in [0.5, 0.6) is 0 Å². The topological polar surface area (TPSA) is 95.0 Å². The Balaban J connectivity index is 2.09. The zero-order chi connectivity index (χ0) is 19.3. The third-order valence-corrected chi connectivity index (χ3v) is 6.73. The molecule has 0 radical (unpaired) electrons. The van der Waals surface area contributed by atoms with Gasteiger partial charge in [-0.1, -0.05) is 24.3 Å². The highest BCUT2D eigenvalue weighted by Crippen LogP contribution is 2.21. The molecule has 0 bridgehead atoms. The lowest BCUT2D eigenvalue weighted by Crippen LogP contribution is -2.50. The van der Waals surface area contributed by atoms with Gasteiger partial charge in [0.15, 0.2) is 0 Å². The highest BCUT2D eigenvalue weighted by Gasteiger charge is 2.32. The molecule has 1 fully saturated rings. The third-order valence-electron chi connectivity index (χ3n) is 4.85.